The average molecular weight is 324 g/mol. The summed E-state index contributed by atoms with van der Waals surface area (Å²) in [5, 5.41) is 9.34. The summed E-state index contributed by atoms with van der Waals surface area (Å²) in [6.45, 7) is 1.87. The molecule has 1 aliphatic rings. The fraction of sp³-hybridized carbons (Fsp3) is 0.333. The monoisotopic (exact) mass is 324 g/mol. The van der Waals surface area contributed by atoms with Crippen molar-refractivity contribution in [3.63, 3.8) is 0 Å². The highest BCUT2D eigenvalue weighted by molar-refractivity contribution is 5.95. The van der Waals surface area contributed by atoms with Gasteiger partial charge in [-0.3, -0.25) is 4.79 Å². The summed E-state index contributed by atoms with van der Waals surface area (Å²) in [6, 6.07) is 7.93. The zero-order valence-electron chi connectivity index (χ0n) is 12.1. The lowest BCUT2D eigenvalue weighted by atomic mass is 10.0. The summed E-state index contributed by atoms with van der Waals surface area (Å²) in [7, 11) is 0. The van der Waals surface area contributed by atoms with Gasteiger partial charge in [0.05, 0.1) is 17.4 Å². The Labute approximate surface area is 130 Å². The number of benzene rings is 1. The molecule has 1 aliphatic heterocycles. The van der Waals surface area contributed by atoms with E-state index in [1.165, 1.54) is 12.1 Å². The van der Waals surface area contributed by atoms with Crippen molar-refractivity contribution in [3.8, 4) is 5.69 Å². The predicted octanol–water partition coefficient (Wildman–Crippen LogP) is 1.84. The van der Waals surface area contributed by atoms with Crippen molar-refractivity contribution in [3.05, 3.63) is 47.8 Å². The molecule has 1 fully saturated rings. The average Bonchev–Trinajstić information content (AvgIpc) is 2.91. The first-order valence-electron chi connectivity index (χ1n) is 7.16. The number of aromatic nitrogens is 2. The second kappa shape index (κ2) is 6.04. The number of amides is 1. The highest BCUT2D eigenvalue weighted by Gasteiger charge is 2.40. The third-order valence-electron chi connectivity index (χ3n) is 3.70. The lowest BCUT2D eigenvalue weighted by Gasteiger charge is -2.27. The Kier molecular flexibility index (Phi) is 4.08. The molecule has 0 bridgehead atoms. The fourth-order valence-electron chi connectivity index (χ4n) is 2.38. The van der Waals surface area contributed by atoms with E-state index in [1.54, 1.807) is 18.2 Å². The first-order chi connectivity index (χ1) is 11.0. The molecule has 0 radical (unpaired) electrons. The third kappa shape index (κ3) is 3.21. The number of hydrogen-bond donors (Lipinski definition) is 2. The molecule has 1 saturated heterocycles. The van der Waals surface area contributed by atoms with Crippen LogP contribution in [0.2, 0.25) is 0 Å². The van der Waals surface area contributed by atoms with Crippen molar-refractivity contribution >= 4 is 5.91 Å². The van der Waals surface area contributed by atoms with Crippen molar-refractivity contribution in [1.82, 2.24) is 20.4 Å². The molecule has 1 aromatic carbocycles. The summed E-state index contributed by atoms with van der Waals surface area (Å²) in [5.74, 6) is -0.496. The first-order valence-corrected chi connectivity index (χ1v) is 7.16. The maximum atomic E-state index is 13.4. The number of nitrogens with one attached hydrogen (secondary N) is 2. The Balaban J connectivity index is 1.90. The Morgan fingerprint density at radius 1 is 1.30 bits per heavy atom. The maximum absolute atomic E-state index is 13.4. The van der Waals surface area contributed by atoms with E-state index >= 15 is 0 Å². The van der Waals surface area contributed by atoms with Crippen molar-refractivity contribution in [2.75, 3.05) is 19.6 Å². The molecule has 2 heterocycles. The van der Waals surface area contributed by atoms with Crippen molar-refractivity contribution in [1.29, 1.82) is 0 Å². The summed E-state index contributed by atoms with van der Waals surface area (Å²) >= 11 is 0. The zero-order chi connectivity index (χ0) is 16.4. The molecule has 2 aromatic rings. The molecule has 2 N–H and O–H groups in total. The molecule has 0 unspecified atom stereocenters. The van der Waals surface area contributed by atoms with Gasteiger partial charge in [-0.15, -0.1) is 0 Å². The summed E-state index contributed by atoms with van der Waals surface area (Å²) in [5.41, 5.74) is -1.27. The van der Waals surface area contributed by atoms with Crippen LogP contribution < -0.4 is 10.6 Å². The predicted molar refractivity (Wildman–Crippen MR) is 77.3 cm³/mol. The van der Waals surface area contributed by atoms with Gasteiger partial charge in [-0.1, -0.05) is 18.2 Å². The van der Waals surface area contributed by atoms with Crippen molar-refractivity contribution < 1.29 is 18.0 Å². The van der Waals surface area contributed by atoms with Gasteiger partial charge in [0.2, 0.25) is 0 Å². The second-order valence-corrected chi connectivity index (χ2v) is 5.39. The normalized spacial score (nSPS) is 15.3. The van der Waals surface area contributed by atoms with Crippen LogP contribution in [-0.4, -0.2) is 35.3 Å². The van der Waals surface area contributed by atoms with Crippen LogP contribution in [-0.2, 0) is 6.18 Å². The molecular formula is C15H15F3N4O. The van der Waals surface area contributed by atoms with Crippen molar-refractivity contribution in [2.45, 2.75) is 6.18 Å². The van der Waals surface area contributed by atoms with E-state index in [4.69, 9.17) is 0 Å². The van der Waals surface area contributed by atoms with E-state index in [0.717, 1.165) is 24.0 Å². The van der Waals surface area contributed by atoms with Crippen LogP contribution in [0.15, 0.2) is 36.5 Å². The van der Waals surface area contributed by atoms with Crippen LogP contribution in [0.4, 0.5) is 13.2 Å². The number of nitrogens with zero attached hydrogens (tertiary/aromatic N) is 2. The molecule has 0 saturated carbocycles. The van der Waals surface area contributed by atoms with Gasteiger partial charge in [0.25, 0.3) is 5.91 Å². The molecule has 8 heteroatoms. The summed E-state index contributed by atoms with van der Waals surface area (Å²) in [4.78, 5) is 12.1. The van der Waals surface area contributed by atoms with Gasteiger partial charge < -0.3 is 10.6 Å². The Morgan fingerprint density at radius 3 is 2.57 bits per heavy atom. The van der Waals surface area contributed by atoms with Gasteiger partial charge in [-0.2, -0.15) is 18.3 Å². The SMILES string of the molecule is O=C(NCC1CNC1)c1cnn(-c2ccccc2)c1C(F)(F)F. The van der Waals surface area contributed by atoms with Crippen LogP contribution in [0.25, 0.3) is 5.69 Å². The third-order valence-corrected chi connectivity index (χ3v) is 3.70. The smallest absolute Gasteiger partial charge is 0.352 e. The van der Waals surface area contributed by atoms with Gasteiger partial charge in [0, 0.05) is 25.6 Å². The summed E-state index contributed by atoms with van der Waals surface area (Å²) < 4.78 is 41.0. The minimum atomic E-state index is -4.68. The number of carbonyl (C=O) groups is 1. The minimum absolute atomic E-state index is 0.252. The Hall–Kier alpha value is -2.35. The van der Waals surface area contributed by atoms with E-state index in [1.807, 2.05) is 0 Å². The van der Waals surface area contributed by atoms with Crippen LogP contribution >= 0.6 is 0 Å². The maximum Gasteiger partial charge on any atom is 0.434 e. The summed E-state index contributed by atoms with van der Waals surface area (Å²) in [6.07, 6.45) is -3.72. The molecule has 1 aromatic heterocycles. The molecular weight excluding hydrogens is 309 g/mol. The Bertz CT molecular complexity index is 692. The topological polar surface area (TPSA) is 59.0 Å². The van der Waals surface area contributed by atoms with E-state index in [9.17, 15) is 18.0 Å². The second-order valence-electron chi connectivity index (χ2n) is 5.39. The van der Waals surface area contributed by atoms with E-state index in [2.05, 4.69) is 15.7 Å². The van der Waals surface area contributed by atoms with Crippen LogP contribution in [0.5, 0.6) is 0 Å². The molecule has 0 aliphatic carbocycles. The first kappa shape index (κ1) is 15.5. The number of hydrogen-bond acceptors (Lipinski definition) is 3. The molecule has 23 heavy (non-hydrogen) atoms. The molecule has 5 nitrogen and oxygen atoms in total. The molecule has 122 valence electrons. The van der Waals surface area contributed by atoms with Crippen LogP contribution in [0.1, 0.15) is 16.1 Å². The molecule has 0 atom stereocenters. The van der Waals surface area contributed by atoms with Crippen molar-refractivity contribution in [2.24, 2.45) is 5.92 Å². The lowest BCUT2D eigenvalue weighted by Crippen LogP contribution is -2.48. The zero-order valence-corrected chi connectivity index (χ0v) is 12.1. The molecule has 3 rings (SSSR count). The van der Waals surface area contributed by atoms with Gasteiger partial charge in [-0.25, -0.2) is 4.68 Å². The highest BCUT2D eigenvalue weighted by Crippen LogP contribution is 2.33. The highest BCUT2D eigenvalue weighted by atomic mass is 19.4. The molecule has 1 amide bonds. The van der Waals surface area contributed by atoms with Gasteiger partial charge in [-0.05, 0) is 12.1 Å². The molecule has 0 spiro atoms. The number of halogens is 3. The number of carbonyl (C=O) groups excluding carboxylic acids is 1. The van der Waals surface area contributed by atoms with E-state index in [0.29, 0.717) is 6.54 Å². The number of alkyl halides is 3. The van der Waals surface area contributed by atoms with Crippen LogP contribution in [0.3, 0.4) is 0 Å². The van der Waals surface area contributed by atoms with Gasteiger partial charge >= 0.3 is 6.18 Å². The standard InChI is InChI=1S/C15H15F3N4O/c16-15(17,18)13-12(14(23)20-8-10-6-19-7-10)9-21-22(13)11-4-2-1-3-5-11/h1-5,9-10,19H,6-8H2,(H,20,23). The van der Waals surface area contributed by atoms with Gasteiger partial charge in [0.15, 0.2) is 5.69 Å². The van der Waals surface area contributed by atoms with Gasteiger partial charge in [0.1, 0.15) is 0 Å². The minimum Gasteiger partial charge on any atom is -0.352 e. The largest absolute Gasteiger partial charge is 0.434 e. The fourth-order valence-corrected chi connectivity index (χ4v) is 2.38. The Morgan fingerprint density at radius 2 is 2.00 bits per heavy atom. The quantitative estimate of drug-likeness (QED) is 0.902. The van der Waals surface area contributed by atoms with E-state index in [-0.39, 0.29) is 11.6 Å². The number of para-hydroxylation sites is 1. The van der Waals surface area contributed by atoms with E-state index < -0.39 is 23.3 Å². The number of rotatable bonds is 4. The lowest BCUT2D eigenvalue weighted by molar-refractivity contribution is -0.143. The van der Waals surface area contributed by atoms with Crippen LogP contribution in [0, 0.1) is 5.92 Å².